The molecule has 130 valence electrons. The van der Waals surface area contributed by atoms with Gasteiger partial charge in [0.25, 0.3) is 0 Å². The molecule has 0 radical (unpaired) electrons. The van der Waals surface area contributed by atoms with Gasteiger partial charge in [0.2, 0.25) is 0 Å². The number of hydrogen-bond acceptors (Lipinski definition) is 5. The number of rotatable bonds is 2. The summed E-state index contributed by atoms with van der Waals surface area (Å²) in [6.07, 6.45) is -1.05. The Morgan fingerprint density at radius 2 is 1.88 bits per heavy atom. The number of amidine groups is 2. The molecule has 0 saturated heterocycles. The van der Waals surface area contributed by atoms with Gasteiger partial charge in [-0.05, 0) is 12.2 Å². The maximum atomic E-state index is 13.8. The van der Waals surface area contributed by atoms with Gasteiger partial charge >= 0.3 is 17.8 Å². The molecule has 0 saturated carbocycles. The van der Waals surface area contributed by atoms with Crippen molar-refractivity contribution in [3.63, 3.8) is 0 Å². The number of fused-ring (bicyclic) bond motifs is 1. The van der Waals surface area contributed by atoms with Crippen LogP contribution in [0.3, 0.4) is 0 Å². The standard InChI is InChI=1S/C16H11ClF3N3O2/c1-25-14(24)15(16(18,19)20)21-12-8-7-11(17)9-23(12)13(22-15)10-5-3-2-4-6-10/h2-9H,1H3/t15-/m1/s1. The quantitative estimate of drug-likeness (QED) is 0.752. The fourth-order valence-corrected chi connectivity index (χ4v) is 2.55. The molecule has 5 nitrogen and oxygen atoms in total. The summed E-state index contributed by atoms with van der Waals surface area (Å²) < 4.78 is 45.6. The molecule has 0 fully saturated rings. The SMILES string of the molecule is COC(=O)[C@@]1(C(F)(F)F)N=C2C=CC(Cl)=CN2C(c2ccccc2)=N1. The molecule has 2 aliphatic heterocycles. The van der Waals surface area contributed by atoms with E-state index in [1.165, 1.54) is 23.3 Å². The molecule has 9 heteroatoms. The zero-order chi connectivity index (χ0) is 18.2. The summed E-state index contributed by atoms with van der Waals surface area (Å²) in [5.41, 5.74) is -3.01. The Balaban J connectivity index is 2.28. The van der Waals surface area contributed by atoms with E-state index in [1.54, 1.807) is 30.3 Å². The Bertz CT molecular complexity index is 831. The van der Waals surface area contributed by atoms with Gasteiger partial charge in [0.15, 0.2) is 0 Å². The predicted molar refractivity (Wildman–Crippen MR) is 86.1 cm³/mol. The van der Waals surface area contributed by atoms with Crippen LogP contribution < -0.4 is 0 Å². The van der Waals surface area contributed by atoms with E-state index >= 15 is 0 Å². The fourth-order valence-electron chi connectivity index (χ4n) is 2.39. The van der Waals surface area contributed by atoms with Gasteiger partial charge < -0.3 is 4.74 Å². The third kappa shape index (κ3) is 2.82. The number of hydrogen-bond donors (Lipinski definition) is 0. The Labute approximate surface area is 145 Å². The van der Waals surface area contributed by atoms with Gasteiger partial charge in [-0.15, -0.1) is 0 Å². The second-order valence-corrected chi connectivity index (χ2v) is 5.59. The van der Waals surface area contributed by atoms with Crippen molar-refractivity contribution in [3.05, 3.63) is 59.3 Å². The third-order valence-corrected chi connectivity index (χ3v) is 3.78. The van der Waals surface area contributed by atoms with Crippen LogP contribution in [0.1, 0.15) is 5.56 Å². The molecule has 0 spiro atoms. The van der Waals surface area contributed by atoms with E-state index in [-0.39, 0.29) is 16.7 Å². The fraction of sp³-hybridized carbons (Fsp3) is 0.188. The van der Waals surface area contributed by atoms with Gasteiger partial charge in [0.05, 0.1) is 12.1 Å². The number of alkyl halides is 3. The Hall–Kier alpha value is -2.61. The first kappa shape index (κ1) is 17.2. The lowest BCUT2D eigenvalue weighted by Gasteiger charge is -2.36. The zero-order valence-electron chi connectivity index (χ0n) is 12.8. The van der Waals surface area contributed by atoms with E-state index in [4.69, 9.17) is 11.6 Å². The number of aliphatic imine (C=N–C) groups is 2. The summed E-state index contributed by atoms with van der Waals surface area (Å²) in [6, 6.07) is 8.13. The summed E-state index contributed by atoms with van der Waals surface area (Å²) in [5, 5.41) is 0.278. The van der Waals surface area contributed by atoms with Crippen LogP contribution >= 0.6 is 11.6 Å². The number of halogens is 4. The van der Waals surface area contributed by atoms with Gasteiger partial charge in [-0.3, -0.25) is 4.90 Å². The van der Waals surface area contributed by atoms with Crippen LogP contribution in [-0.4, -0.2) is 41.5 Å². The molecular formula is C16H11ClF3N3O2. The first-order valence-corrected chi connectivity index (χ1v) is 7.41. The van der Waals surface area contributed by atoms with Crippen molar-refractivity contribution in [1.82, 2.24) is 4.90 Å². The lowest BCUT2D eigenvalue weighted by molar-refractivity contribution is -0.202. The number of carbonyl (C=O) groups is 1. The van der Waals surface area contributed by atoms with E-state index in [2.05, 4.69) is 14.7 Å². The minimum absolute atomic E-state index is 0.115. The van der Waals surface area contributed by atoms with Gasteiger partial charge in [0, 0.05) is 11.8 Å². The van der Waals surface area contributed by atoms with Crippen LogP contribution in [-0.2, 0) is 9.53 Å². The van der Waals surface area contributed by atoms with E-state index in [1.807, 2.05) is 0 Å². The number of ether oxygens (including phenoxy) is 1. The first-order chi connectivity index (χ1) is 11.8. The monoisotopic (exact) mass is 369 g/mol. The van der Waals surface area contributed by atoms with Crippen molar-refractivity contribution in [3.8, 4) is 0 Å². The number of allylic oxidation sites excluding steroid dienone is 2. The molecule has 0 unspecified atom stereocenters. The van der Waals surface area contributed by atoms with Gasteiger partial charge in [0.1, 0.15) is 11.7 Å². The molecule has 1 aromatic carbocycles. The van der Waals surface area contributed by atoms with Crippen molar-refractivity contribution in [2.24, 2.45) is 9.98 Å². The lowest BCUT2D eigenvalue weighted by atomic mass is 10.1. The highest BCUT2D eigenvalue weighted by Crippen LogP contribution is 2.40. The Morgan fingerprint density at radius 3 is 2.48 bits per heavy atom. The molecule has 2 aliphatic rings. The maximum absolute atomic E-state index is 13.8. The number of carbonyl (C=O) groups excluding carboxylic acids is 1. The maximum Gasteiger partial charge on any atom is 0.445 e. The van der Waals surface area contributed by atoms with E-state index in [0.29, 0.717) is 5.56 Å². The number of methoxy groups -OCH3 is 1. The predicted octanol–water partition coefficient (Wildman–Crippen LogP) is 3.23. The highest BCUT2D eigenvalue weighted by atomic mass is 35.5. The minimum Gasteiger partial charge on any atom is -0.465 e. The highest BCUT2D eigenvalue weighted by Gasteiger charge is 2.64. The second-order valence-electron chi connectivity index (χ2n) is 5.15. The molecule has 25 heavy (non-hydrogen) atoms. The molecule has 0 aromatic heterocycles. The van der Waals surface area contributed by atoms with E-state index < -0.39 is 17.8 Å². The topological polar surface area (TPSA) is 54.3 Å². The first-order valence-electron chi connectivity index (χ1n) is 7.03. The number of esters is 1. The summed E-state index contributed by atoms with van der Waals surface area (Å²) in [4.78, 5) is 20.5. The summed E-state index contributed by atoms with van der Waals surface area (Å²) in [6.45, 7) is 0. The molecule has 0 N–H and O–H groups in total. The van der Waals surface area contributed by atoms with Gasteiger partial charge in [-0.1, -0.05) is 41.9 Å². The second kappa shape index (κ2) is 6.03. The molecule has 1 aromatic rings. The molecule has 2 heterocycles. The zero-order valence-corrected chi connectivity index (χ0v) is 13.5. The smallest absolute Gasteiger partial charge is 0.445 e. The lowest BCUT2D eigenvalue weighted by Crippen LogP contribution is -2.55. The summed E-state index contributed by atoms with van der Waals surface area (Å²) in [7, 11) is 0.855. The normalized spacial score (nSPS) is 22.6. The number of nitrogens with zero attached hydrogens (tertiary/aromatic N) is 3. The van der Waals surface area contributed by atoms with Crippen molar-refractivity contribution in [1.29, 1.82) is 0 Å². The van der Waals surface area contributed by atoms with E-state index in [0.717, 1.165) is 7.11 Å². The Kier molecular flexibility index (Phi) is 4.16. The van der Waals surface area contributed by atoms with Crippen molar-refractivity contribution in [2.75, 3.05) is 7.11 Å². The van der Waals surface area contributed by atoms with Crippen molar-refractivity contribution in [2.45, 2.75) is 11.8 Å². The van der Waals surface area contributed by atoms with Crippen LogP contribution in [0, 0.1) is 0 Å². The molecule has 3 rings (SSSR count). The summed E-state index contributed by atoms with van der Waals surface area (Å²) in [5.74, 6) is -1.86. The summed E-state index contributed by atoms with van der Waals surface area (Å²) >= 11 is 5.95. The van der Waals surface area contributed by atoms with Crippen molar-refractivity contribution < 1.29 is 22.7 Å². The molecule has 0 aliphatic carbocycles. The van der Waals surface area contributed by atoms with E-state index in [9.17, 15) is 18.0 Å². The average Bonchev–Trinajstić information content (AvgIpc) is 2.60. The molecule has 1 atom stereocenters. The highest BCUT2D eigenvalue weighted by molar-refractivity contribution is 6.32. The minimum atomic E-state index is -5.09. The van der Waals surface area contributed by atoms with Crippen LogP contribution in [0.4, 0.5) is 13.2 Å². The molecule has 0 amide bonds. The van der Waals surface area contributed by atoms with Gasteiger partial charge in [-0.25, -0.2) is 14.8 Å². The van der Waals surface area contributed by atoms with Gasteiger partial charge in [-0.2, -0.15) is 13.2 Å². The molecular weight excluding hydrogens is 359 g/mol. The van der Waals surface area contributed by atoms with Crippen LogP contribution in [0.25, 0.3) is 0 Å². The van der Waals surface area contributed by atoms with Crippen LogP contribution in [0.5, 0.6) is 0 Å². The van der Waals surface area contributed by atoms with Crippen LogP contribution in [0.2, 0.25) is 0 Å². The van der Waals surface area contributed by atoms with Crippen LogP contribution in [0.15, 0.2) is 63.7 Å². The molecule has 0 bridgehead atoms. The van der Waals surface area contributed by atoms with Crippen molar-refractivity contribution >= 4 is 29.2 Å². The number of benzene rings is 1. The third-order valence-electron chi connectivity index (χ3n) is 3.56. The average molecular weight is 370 g/mol. The largest absolute Gasteiger partial charge is 0.465 e. The Morgan fingerprint density at radius 1 is 1.20 bits per heavy atom.